The maximum absolute atomic E-state index is 11.8. The Morgan fingerprint density at radius 2 is 0.967 bits per heavy atom. The Bertz CT molecular complexity index is 2940. The van der Waals surface area contributed by atoms with Crippen molar-refractivity contribution in [2.75, 3.05) is 7.11 Å². The monoisotopic (exact) mass is 801 g/mol. The molecular weight excluding hydrogens is 759 g/mol. The lowest BCUT2D eigenvalue weighted by Gasteiger charge is -2.07. The van der Waals surface area contributed by atoms with E-state index in [1.54, 1.807) is 13.3 Å². The first-order valence-electron chi connectivity index (χ1n) is 19.6. The van der Waals surface area contributed by atoms with Crippen LogP contribution in [0.25, 0.3) is 68.3 Å². The standard InChI is InChI=1S/C17H15N3O.C17H15N3.C16H13N3O/c1-12-7-6-10-14(18-12)17-19-15(11-16(20-17)21-2)13-8-4-3-5-9-13;1-12-6-3-4-8-14(12)15-10-11-18-17(20-15)16-9-5-7-13(2)19-16;1-11-6-5-9-13(17-11)16-18-14(10-15(20)19-16)12-7-3-2-4-8-12/h3-11H,1-2H3;3-11H,1-2H3;2-10H,1H3,(H,18,19,20). The number of benzene rings is 3. The Kier molecular flexibility index (Phi) is 13.2. The number of aromatic nitrogens is 9. The Morgan fingerprint density at radius 3 is 1.56 bits per heavy atom. The zero-order valence-electron chi connectivity index (χ0n) is 34.5. The quantitative estimate of drug-likeness (QED) is 0.165. The van der Waals surface area contributed by atoms with Gasteiger partial charge in [-0.25, -0.2) is 34.9 Å². The molecule has 0 radical (unpaired) electrons. The van der Waals surface area contributed by atoms with Crippen LogP contribution in [-0.2, 0) is 0 Å². The summed E-state index contributed by atoms with van der Waals surface area (Å²) in [7, 11) is 1.60. The molecule has 0 aliphatic rings. The first-order valence-corrected chi connectivity index (χ1v) is 19.6. The van der Waals surface area contributed by atoms with E-state index in [0.717, 1.165) is 56.5 Å². The third kappa shape index (κ3) is 10.9. The van der Waals surface area contributed by atoms with Gasteiger partial charge in [0.05, 0.1) is 24.2 Å². The summed E-state index contributed by atoms with van der Waals surface area (Å²) in [5.74, 6) is 2.24. The van der Waals surface area contributed by atoms with Gasteiger partial charge in [0.2, 0.25) is 5.88 Å². The van der Waals surface area contributed by atoms with E-state index in [1.165, 1.54) is 11.6 Å². The fourth-order valence-electron chi connectivity index (χ4n) is 6.24. The molecule has 9 aromatic rings. The lowest BCUT2D eigenvalue weighted by molar-refractivity contribution is 0.397. The van der Waals surface area contributed by atoms with Gasteiger partial charge in [0, 0.05) is 52.1 Å². The average molecular weight is 802 g/mol. The van der Waals surface area contributed by atoms with E-state index in [-0.39, 0.29) is 5.56 Å². The second-order valence-electron chi connectivity index (χ2n) is 13.9. The molecule has 0 aliphatic carbocycles. The SMILES string of the molecule is COc1cc(-c2ccccc2)nc(-c2cccc(C)n2)n1.Cc1cccc(-c2nc(-c3ccccc3)cc(=O)[nH]2)n1.Cc1cccc(-c2nccc(-c3ccccc3C)n2)n1. The molecule has 6 aromatic heterocycles. The molecule has 11 heteroatoms. The lowest BCUT2D eigenvalue weighted by Crippen LogP contribution is -2.09. The number of pyridine rings is 3. The number of methoxy groups -OCH3 is 1. The zero-order valence-corrected chi connectivity index (χ0v) is 34.5. The van der Waals surface area contributed by atoms with Gasteiger partial charge in [-0.15, -0.1) is 0 Å². The number of aryl methyl sites for hydroxylation is 4. The van der Waals surface area contributed by atoms with Gasteiger partial charge in [-0.1, -0.05) is 103 Å². The van der Waals surface area contributed by atoms with Crippen LogP contribution in [0, 0.1) is 27.7 Å². The highest BCUT2D eigenvalue weighted by Gasteiger charge is 2.11. The minimum absolute atomic E-state index is 0.183. The molecule has 6 heterocycles. The van der Waals surface area contributed by atoms with Crippen molar-refractivity contribution in [1.82, 2.24) is 44.9 Å². The Balaban J connectivity index is 0.000000138. The highest BCUT2D eigenvalue weighted by Crippen LogP contribution is 2.25. The molecule has 0 atom stereocenters. The van der Waals surface area contributed by atoms with Gasteiger partial charge in [-0.3, -0.25) is 4.79 Å². The summed E-state index contributed by atoms with van der Waals surface area (Å²) >= 11 is 0. The van der Waals surface area contributed by atoms with Crippen LogP contribution in [0.15, 0.2) is 169 Å². The highest BCUT2D eigenvalue weighted by atomic mass is 16.5. The van der Waals surface area contributed by atoms with Crippen molar-refractivity contribution >= 4 is 0 Å². The number of aromatic amines is 1. The van der Waals surface area contributed by atoms with Crippen LogP contribution < -0.4 is 10.3 Å². The van der Waals surface area contributed by atoms with Crippen molar-refractivity contribution < 1.29 is 4.74 Å². The summed E-state index contributed by atoms with van der Waals surface area (Å²) in [6, 6.07) is 50.3. The van der Waals surface area contributed by atoms with Crippen LogP contribution in [0.3, 0.4) is 0 Å². The Morgan fingerprint density at radius 1 is 0.443 bits per heavy atom. The van der Waals surface area contributed by atoms with Crippen molar-refractivity contribution in [3.63, 3.8) is 0 Å². The second-order valence-corrected chi connectivity index (χ2v) is 13.9. The number of rotatable bonds is 7. The van der Waals surface area contributed by atoms with Gasteiger partial charge in [0.15, 0.2) is 17.5 Å². The molecule has 0 fully saturated rings. The van der Waals surface area contributed by atoms with Gasteiger partial charge >= 0.3 is 0 Å². The normalized spacial score (nSPS) is 10.4. The molecule has 300 valence electrons. The smallest absolute Gasteiger partial charge is 0.251 e. The molecule has 0 bridgehead atoms. The highest BCUT2D eigenvalue weighted by molar-refractivity contribution is 5.66. The topological polar surface area (TPSA) is 145 Å². The Hall–Kier alpha value is -8.05. The largest absolute Gasteiger partial charge is 0.481 e. The van der Waals surface area contributed by atoms with Crippen molar-refractivity contribution in [2.45, 2.75) is 27.7 Å². The van der Waals surface area contributed by atoms with Crippen LogP contribution in [0.2, 0.25) is 0 Å². The number of hydrogen-bond donors (Lipinski definition) is 1. The van der Waals surface area contributed by atoms with Crippen molar-refractivity contribution in [1.29, 1.82) is 0 Å². The number of nitrogens with zero attached hydrogens (tertiary/aromatic N) is 8. The summed E-state index contributed by atoms with van der Waals surface area (Å²) in [6.07, 6.45) is 1.79. The van der Waals surface area contributed by atoms with E-state index < -0.39 is 0 Å². The lowest BCUT2D eigenvalue weighted by atomic mass is 10.1. The van der Waals surface area contributed by atoms with E-state index in [4.69, 9.17) is 4.74 Å². The maximum Gasteiger partial charge on any atom is 0.251 e. The fraction of sp³-hybridized carbons (Fsp3) is 0.100. The molecule has 0 saturated carbocycles. The molecule has 9 rings (SSSR count). The summed E-state index contributed by atoms with van der Waals surface area (Å²) < 4.78 is 5.29. The maximum atomic E-state index is 11.8. The van der Waals surface area contributed by atoms with Crippen LogP contribution >= 0.6 is 0 Å². The van der Waals surface area contributed by atoms with Gasteiger partial charge < -0.3 is 9.72 Å². The van der Waals surface area contributed by atoms with Crippen molar-refractivity contribution in [2.24, 2.45) is 0 Å². The van der Waals surface area contributed by atoms with Gasteiger partial charge in [-0.2, -0.15) is 4.98 Å². The van der Waals surface area contributed by atoms with Crippen LogP contribution in [0.1, 0.15) is 22.6 Å². The average Bonchev–Trinajstić information content (AvgIpc) is 3.30. The van der Waals surface area contributed by atoms with Crippen LogP contribution in [-0.4, -0.2) is 52.0 Å². The molecule has 3 aromatic carbocycles. The van der Waals surface area contributed by atoms with Gasteiger partial charge in [-0.05, 0) is 75.7 Å². The summed E-state index contributed by atoms with van der Waals surface area (Å²) in [4.78, 5) is 50.4. The van der Waals surface area contributed by atoms with Crippen LogP contribution in [0.4, 0.5) is 0 Å². The second kappa shape index (κ2) is 19.6. The van der Waals surface area contributed by atoms with E-state index in [0.29, 0.717) is 34.7 Å². The first-order chi connectivity index (χ1) is 29.7. The molecule has 0 spiro atoms. The molecule has 1 N–H and O–H groups in total. The predicted molar refractivity (Wildman–Crippen MR) is 240 cm³/mol. The zero-order chi connectivity index (χ0) is 42.6. The molecule has 0 aliphatic heterocycles. The Labute approximate surface area is 354 Å². The minimum atomic E-state index is -0.183. The summed E-state index contributed by atoms with van der Waals surface area (Å²) in [5.41, 5.74) is 11.5. The summed E-state index contributed by atoms with van der Waals surface area (Å²) in [6.45, 7) is 7.90. The molecule has 0 amide bonds. The number of hydrogen-bond acceptors (Lipinski definition) is 10. The summed E-state index contributed by atoms with van der Waals surface area (Å²) in [5, 5.41) is 0. The van der Waals surface area contributed by atoms with E-state index >= 15 is 0 Å². The number of nitrogens with one attached hydrogen (secondary N) is 1. The van der Waals surface area contributed by atoms with E-state index in [2.05, 4.69) is 63.9 Å². The van der Waals surface area contributed by atoms with Crippen molar-refractivity contribution in [3.05, 3.63) is 197 Å². The fourth-order valence-corrected chi connectivity index (χ4v) is 6.24. The number of ether oxygens (including phenoxy) is 1. The van der Waals surface area contributed by atoms with E-state index in [1.807, 2.05) is 160 Å². The minimum Gasteiger partial charge on any atom is -0.481 e. The van der Waals surface area contributed by atoms with Gasteiger partial charge in [0.1, 0.15) is 17.1 Å². The van der Waals surface area contributed by atoms with Gasteiger partial charge in [0.25, 0.3) is 5.56 Å². The third-order valence-corrected chi connectivity index (χ3v) is 9.23. The molecule has 11 nitrogen and oxygen atoms in total. The third-order valence-electron chi connectivity index (χ3n) is 9.23. The molecule has 0 saturated heterocycles. The number of H-pyrrole nitrogens is 1. The molecular formula is C50H43N9O2. The van der Waals surface area contributed by atoms with E-state index in [9.17, 15) is 4.79 Å². The van der Waals surface area contributed by atoms with Crippen molar-refractivity contribution in [3.8, 4) is 74.2 Å². The first kappa shape index (κ1) is 41.1. The molecule has 0 unspecified atom stereocenters. The molecule has 61 heavy (non-hydrogen) atoms. The van der Waals surface area contributed by atoms with Crippen LogP contribution in [0.5, 0.6) is 5.88 Å². The predicted octanol–water partition coefficient (Wildman–Crippen LogP) is 10.2.